The number of aliphatic hydroxyl groups excluding tert-OH is 1. The number of urea groups is 1. The summed E-state index contributed by atoms with van der Waals surface area (Å²) in [5.74, 6) is -0.143. The number of aliphatic hydroxyl groups is 1. The Balaban J connectivity index is 2.78. The van der Waals surface area contributed by atoms with E-state index in [0.717, 1.165) is 0 Å². The lowest BCUT2D eigenvalue weighted by Crippen LogP contribution is -2.48. The van der Waals surface area contributed by atoms with Crippen LogP contribution in [0.5, 0.6) is 5.75 Å². The van der Waals surface area contributed by atoms with Crippen LogP contribution in [0.15, 0.2) is 18.2 Å². The maximum Gasteiger partial charge on any atom is 0.319 e. The molecule has 0 fully saturated rings. The van der Waals surface area contributed by atoms with Crippen molar-refractivity contribution in [3.63, 3.8) is 0 Å². The third kappa shape index (κ3) is 5.23. The molecule has 1 aromatic carbocycles. The summed E-state index contributed by atoms with van der Waals surface area (Å²) in [5, 5.41) is 14.5. The lowest BCUT2D eigenvalue weighted by molar-refractivity contribution is 0.208. The molecule has 0 saturated carbocycles. The van der Waals surface area contributed by atoms with Gasteiger partial charge in [-0.25, -0.2) is 9.18 Å². The van der Waals surface area contributed by atoms with E-state index in [1.165, 1.54) is 18.2 Å². The smallest absolute Gasteiger partial charge is 0.319 e. The summed E-state index contributed by atoms with van der Waals surface area (Å²) in [6, 6.07) is 3.52. The van der Waals surface area contributed by atoms with Crippen LogP contribution in [0.1, 0.15) is 33.6 Å². The number of amides is 2. The summed E-state index contributed by atoms with van der Waals surface area (Å²) in [7, 11) is 0. The molecule has 1 unspecified atom stereocenters. The summed E-state index contributed by atoms with van der Waals surface area (Å²) in [4.78, 5) is 12.1. The molecule has 1 aromatic rings. The highest BCUT2D eigenvalue weighted by Gasteiger charge is 2.24. The molecule has 0 bridgehead atoms. The van der Waals surface area contributed by atoms with E-state index in [1.807, 2.05) is 13.8 Å². The van der Waals surface area contributed by atoms with Crippen molar-refractivity contribution in [1.29, 1.82) is 0 Å². The second kappa shape index (κ2) is 7.83. The summed E-state index contributed by atoms with van der Waals surface area (Å²) < 4.78 is 18.5. The van der Waals surface area contributed by atoms with Gasteiger partial charge in [0.25, 0.3) is 0 Å². The van der Waals surface area contributed by atoms with Crippen LogP contribution < -0.4 is 15.4 Å². The molecular weight excluding hydrogens is 275 g/mol. The molecule has 0 spiro atoms. The van der Waals surface area contributed by atoms with E-state index in [0.29, 0.717) is 25.1 Å². The highest BCUT2D eigenvalue weighted by Crippen LogP contribution is 2.25. The van der Waals surface area contributed by atoms with Crippen LogP contribution in [0.3, 0.4) is 0 Å². The normalized spacial score (nSPS) is 13.4. The van der Waals surface area contributed by atoms with Crippen molar-refractivity contribution in [2.24, 2.45) is 0 Å². The molecule has 0 aliphatic carbocycles. The molecule has 0 aromatic heterocycles. The number of halogens is 1. The molecule has 6 heteroatoms. The van der Waals surface area contributed by atoms with Crippen LogP contribution in [-0.2, 0) is 0 Å². The quantitative estimate of drug-likeness (QED) is 0.725. The molecule has 2 amide bonds. The second-order valence-electron chi connectivity index (χ2n) is 5.04. The van der Waals surface area contributed by atoms with Crippen molar-refractivity contribution in [2.45, 2.75) is 39.2 Å². The zero-order valence-corrected chi connectivity index (χ0v) is 12.7. The number of rotatable bonds is 7. The van der Waals surface area contributed by atoms with Crippen molar-refractivity contribution in [3.8, 4) is 5.75 Å². The third-order valence-electron chi connectivity index (χ3n) is 3.35. The van der Waals surface area contributed by atoms with Crippen LogP contribution >= 0.6 is 0 Å². The first-order chi connectivity index (χ1) is 9.94. The number of carbonyl (C=O) groups is 1. The Labute approximate surface area is 124 Å². The van der Waals surface area contributed by atoms with Gasteiger partial charge >= 0.3 is 6.03 Å². The predicted octanol–water partition coefficient (Wildman–Crippen LogP) is 2.90. The van der Waals surface area contributed by atoms with Crippen LogP contribution in [0.4, 0.5) is 14.9 Å². The SMILES string of the molecule is CCOc1cc(F)ccc1NC(=O)NC(C)(CC)CCO. The van der Waals surface area contributed by atoms with Crippen LogP contribution in [0.2, 0.25) is 0 Å². The van der Waals surface area contributed by atoms with Crippen LogP contribution in [0, 0.1) is 5.82 Å². The highest BCUT2D eigenvalue weighted by molar-refractivity contribution is 5.91. The number of ether oxygens (including phenoxy) is 1. The first kappa shape index (κ1) is 17.2. The molecule has 0 aliphatic rings. The summed E-state index contributed by atoms with van der Waals surface area (Å²) in [6.07, 6.45) is 1.14. The summed E-state index contributed by atoms with van der Waals surface area (Å²) in [6.45, 7) is 5.93. The fourth-order valence-electron chi connectivity index (χ4n) is 1.88. The summed E-state index contributed by atoms with van der Waals surface area (Å²) >= 11 is 0. The van der Waals surface area contributed by atoms with Gasteiger partial charge in [0.15, 0.2) is 0 Å². The molecule has 0 saturated heterocycles. The van der Waals surface area contributed by atoms with Crippen molar-refractivity contribution in [3.05, 3.63) is 24.0 Å². The Morgan fingerprint density at radius 2 is 2.14 bits per heavy atom. The van der Waals surface area contributed by atoms with Crippen molar-refractivity contribution >= 4 is 11.7 Å². The third-order valence-corrected chi connectivity index (χ3v) is 3.35. The molecule has 5 nitrogen and oxygen atoms in total. The minimum Gasteiger partial charge on any atom is -0.492 e. The molecule has 21 heavy (non-hydrogen) atoms. The minimum absolute atomic E-state index is 0.00857. The highest BCUT2D eigenvalue weighted by atomic mass is 19.1. The van der Waals surface area contributed by atoms with Gasteiger partial charge < -0.3 is 20.5 Å². The average molecular weight is 298 g/mol. The largest absolute Gasteiger partial charge is 0.492 e. The van der Waals surface area contributed by atoms with E-state index in [2.05, 4.69) is 10.6 Å². The maximum absolute atomic E-state index is 13.2. The fraction of sp³-hybridized carbons (Fsp3) is 0.533. The Hall–Kier alpha value is -1.82. The van der Waals surface area contributed by atoms with E-state index in [1.54, 1.807) is 6.92 Å². The molecule has 3 N–H and O–H groups in total. The van der Waals surface area contributed by atoms with Gasteiger partial charge in [0.05, 0.1) is 12.3 Å². The van der Waals surface area contributed by atoms with Gasteiger partial charge in [0.2, 0.25) is 0 Å². The number of benzene rings is 1. The zero-order chi connectivity index (χ0) is 15.9. The van der Waals surface area contributed by atoms with Gasteiger partial charge in [-0.15, -0.1) is 0 Å². The number of hydrogen-bond donors (Lipinski definition) is 3. The van der Waals surface area contributed by atoms with Crippen molar-refractivity contribution in [2.75, 3.05) is 18.5 Å². The number of carbonyl (C=O) groups excluding carboxylic acids is 1. The first-order valence-electron chi connectivity index (χ1n) is 7.06. The Morgan fingerprint density at radius 1 is 1.43 bits per heavy atom. The van der Waals surface area contributed by atoms with Gasteiger partial charge in [0, 0.05) is 18.2 Å². The van der Waals surface area contributed by atoms with E-state index in [4.69, 9.17) is 9.84 Å². The molecule has 1 rings (SSSR count). The molecule has 1 atom stereocenters. The standard InChI is InChI=1S/C15H23FN2O3/c1-4-15(3,8-9-19)18-14(20)17-12-7-6-11(16)10-13(12)21-5-2/h6-7,10,19H,4-5,8-9H2,1-3H3,(H2,17,18,20). The van der Waals surface area contributed by atoms with Gasteiger partial charge in [-0.1, -0.05) is 6.92 Å². The monoisotopic (exact) mass is 298 g/mol. The van der Waals surface area contributed by atoms with Crippen molar-refractivity contribution in [1.82, 2.24) is 5.32 Å². The van der Waals surface area contributed by atoms with E-state index in [-0.39, 0.29) is 12.4 Å². The maximum atomic E-state index is 13.2. The van der Waals surface area contributed by atoms with E-state index < -0.39 is 17.4 Å². The zero-order valence-electron chi connectivity index (χ0n) is 12.7. The van der Waals surface area contributed by atoms with Crippen LogP contribution in [-0.4, -0.2) is 29.9 Å². The number of hydrogen-bond acceptors (Lipinski definition) is 3. The Morgan fingerprint density at radius 3 is 2.71 bits per heavy atom. The lowest BCUT2D eigenvalue weighted by Gasteiger charge is -2.29. The molecule has 0 aliphatic heterocycles. The van der Waals surface area contributed by atoms with Crippen molar-refractivity contribution < 1.29 is 19.0 Å². The van der Waals surface area contributed by atoms with Gasteiger partial charge in [0.1, 0.15) is 11.6 Å². The molecule has 118 valence electrons. The molecule has 0 heterocycles. The predicted molar refractivity (Wildman–Crippen MR) is 80.1 cm³/mol. The van der Waals surface area contributed by atoms with E-state index in [9.17, 15) is 9.18 Å². The Bertz CT molecular complexity index is 482. The fourth-order valence-corrected chi connectivity index (χ4v) is 1.88. The van der Waals surface area contributed by atoms with Gasteiger partial charge in [-0.3, -0.25) is 0 Å². The minimum atomic E-state index is -0.495. The lowest BCUT2D eigenvalue weighted by atomic mass is 9.95. The van der Waals surface area contributed by atoms with Gasteiger partial charge in [-0.2, -0.15) is 0 Å². The van der Waals surface area contributed by atoms with Gasteiger partial charge in [-0.05, 0) is 38.8 Å². The van der Waals surface area contributed by atoms with E-state index >= 15 is 0 Å². The first-order valence-corrected chi connectivity index (χ1v) is 7.06. The average Bonchev–Trinajstić information content (AvgIpc) is 2.42. The molecule has 0 radical (unpaired) electrons. The number of anilines is 1. The molecular formula is C15H23FN2O3. The second-order valence-corrected chi connectivity index (χ2v) is 5.04. The number of nitrogens with one attached hydrogen (secondary N) is 2. The topological polar surface area (TPSA) is 70.6 Å². The Kier molecular flexibility index (Phi) is 6.42. The summed E-state index contributed by atoms with van der Waals surface area (Å²) in [5.41, 5.74) is -0.0943. The van der Waals surface area contributed by atoms with Crippen LogP contribution in [0.25, 0.3) is 0 Å².